The summed E-state index contributed by atoms with van der Waals surface area (Å²) in [6, 6.07) is 72.5. The fourth-order valence-electron chi connectivity index (χ4n) is 9.49. The maximum Gasteiger partial charge on any atom is 0.140 e. The molecule has 2 aliphatic rings. The maximum atomic E-state index is 6.84. The quantitative estimate of drug-likeness (QED) is 0.162. The van der Waals surface area contributed by atoms with Gasteiger partial charge >= 0.3 is 0 Å². The van der Waals surface area contributed by atoms with E-state index < -0.39 is 5.41 Å². The molecule has 270 valence electrons. The molecule has 0 saturated carbocycles. The topological polar surface area (TPSA) is 16.4 Å². The van der Waals surface area contributed by atoms with Crippen molar-refractivity contribution in [3.63, 3.8) is 0 Å². The first-order valence-corrected chi connectivity index (χ1v) is 19.9. The molecule has 1 unspecified atom stereocenters. The summed E-state index contributed by atoms with van der Waals surface area (Å²) in [7, 11) is 0. The van der Waals surface area contributed by atoms with Gasteiger partial charge in [-0.15, -0.1) is 0 Å². The van der Waals surface area contributed by atoms with Gasteiger partial charge in [-0.2, -0.15) is 0 Å². The molecule has 0 fully saturated rings. The van der Waals surface area contributed by atoms with Crippen LogP contribution in [0.3, 0.4) is 0 Å². The van der Waals surface area contributed by atoms with Crippen LogP contribution in [0.5, 0.6) is 0 Å². The molecule has 1 heterocycles. The van der Waals surface area contributed by atoms with Crippen molar-refractivity contribution in [2.45, 2.75) is 18.3 Å². The Labute approximate surface area is 333 Å². The molecule has 9 aromatic rings. The number of furan rings is 1. The van der Waals surface area contributed by atoms with Crippen LogP contribution in [0, 0.1) is 0 Å². The molecule has 57 heavy (non-hydrogen) atoms. The predicted molar refractivity (Wildman–Crippen MR) is 237 cm³/mol. The van der Waals surface area contributed by atoms with Crippen LogP contribution in [0.2, 0.25) is 0 Å². The van der Waals surface area contributed by atoms with Crippen molar-refractivity contribution >= 4 is 44.6 Å². The van der Waals surface area contributed by atoms with Crippen molar-refractivity contribution in [1.29, 1.82) is 0 Å². The van der Waals surface area contributed by atoms with E-state index in [9.17, 15) is 0 Å². The number of hydrogen-bond donors (Lipinski definition) is 0. The van der Waals surface area contributed by atoms with Gasteiger partial charge in [-0.25, -0.2) is 0 Å². The molecular weight excluding hydrogens is 691 g/mol. The Morgan fingerprint density at radius 2 is 0.965 bits per heavy atom. The van der Waals surface area contributed by atoms with Crippen LogP contribution in [-0.2, 0) is 5.41 Å². The van der Waals surface area contributed by atoms with Gasteiger partial charge in [0.2, 0.25) is 0 Å². The lowest BCUT2D eigenvalue weighted by molar-refractivity contribution is 0.647. The summed E-state index contributed by atoms with van der Waals surface area (Å²) in [5.74, 6) is 0. The van der Waals surface area contributed by atoms with E-state index in [0.717, 1.165) is 51.8 Å². The third kappa shape index (κ3) is 5.33. The van der Waals surface area contributed by atoms with Gasteiger partial charge in [-0.3, -0.25) is 0 Å². The zero-order valence-corrected chi connectivity index (χ0v) is 31.5. The van der Waals surface area contributed by atoms with Gasteiger partial charge in [0.25, 0.3) is 0 Å². The maximum absolute atomic E-state index is 6.84. The van der Waals surface area contributed by atoms with E-state index in [4.69, 9.17) is 4.42 Å². The fraction of sp³-hybridized carbons (Fsp3) is 0.0545. The zero-order chi connectivity index (χ0) is 37.8. The number of benzene rings is 8. The smallest absolute Gasteiger partial charge is 0.140 e. The highest BCUT2D eigenvalue weighted by molar-refractivity contribution is 6.07. The summed E-state index contributed by atoms with van der Waals surface area (Å²) >= 11 is 0. The average molecular weight is 730 g/mol. The third-order valence-electron chi connectivity index (χ3n) is 12.1. The molecule has 1 atom stereocenters. The third-order valence-corrected chi connectivity index (χ3v) is 12.1. The molecule has 2 aliphatic carbocycles. The minimum absolute atomic E-state index is 0.561. The first-order valence-electron chi connectivity index (χ1n) is 19.9. The number of rotatable bonds is 7. The highest BCUT2D eigenvalue weighted by atomic mass is 16.3. The summed E-state index contributed by atoms with van der Waals surface area (Å²) < 4.78 is 6.84. The molecule has 8 aromatic carbocycles. The second-order valence-corrected chi connectivity index (χ2v) is 15.1. The lowest BCUT2D eigenvalue weighted by Gasteiger charge is -2.36. The monoisotopic (exact) mass is 729 g/mol. The number of para-hydroxylation sites is 2. The van der Waals surface area contributed by atoms with Gasteiger partial charge in [-0.05, 0) is 105 Å². The van der Waals surface area contributed by atoms with E-state index in [1.165, 1.54) is 55.7 Å². The second-order valence-electron chi connectivity index (χ2n) is 15.1. The highest BCUT2D eigenvalue weighted by Gasteiger charge is 2.48. The van der Waals surface area contributed by atoms with Gasteiger partial charge < -0.3 is 9.32 Å². The summed E-state index contributed by atoms with van der Waals surface area (Å²) in [5.41, 5.74) is 17.2. The molecule has 0 saturated heterocycles. The van der Waals surface area contributed by atoms with E-state index in [0.29, 0.717) is 0 Å². The van der Waals surface area contributed by atoms with Gasteiger partial charge in [0, 0.05) is 33.4 Å². The van der Waals surface area contributed by atoms with Crippen LogP contribution >= 0.6 is 0 Å². The van der Waals surface area contributed by atoms with Gasteiger partial charge in [0.1, 0.15) is 11.2 Å². The minimum Gasteiger partial charge on any atom is -0.456 e. The van der Waals surface area contributed by atoms with Crippen LogP contribution in [0.15, 0.2) is 222 Å². The highest BCUT2D eigenvalue weighted by Crippen LogP contribution is 2.58. The molecule has 0 bridgehead atoms. The van der Waals surface area contributed by atoms with Crippen molar-refractivity contribution < 1.29 is 4.42 Å². The van der Waals surface area contributed by atoms with E-state index in [1.807, 2.05) is 0 Å². The molecule has 0 amide bonds. The van der Waals surface area contributed by atoms with Crippen LogP contribution in [0.1, 0.15) is 35.1 Å². The lowest BCUT2D eigenvalue weighted by Crippen LogP contribution is -2.30. The van der Waals surface area contributed by atoms with Crippen LogP contribution < -0.4 is 4.90 Å². The van der Waals surface area contributed by atoms with Gasteiger partial charge in [0.15, 0.2) is 0 Å². The van der Waals surface area contributed by atoms with Crippen LogP contribution in [0.4, 0.5) is 17.1 Å². The Bertz CT molecular complexity index is 2890. The Balaban J connectivity index is 1.09. The summed E-state index contributed by atoms with van der Waals surface area (Å²) in [6.45, 7) is 0. The van der Waals surface area contributed by atoms with E-state index in [1.54, 1.807) is 0 Å². The van der Waals surface area contributed by atoms with Crippen LogP contribution in [0.25, 0.3) is 49.8 Å². The molecule has 2 heteroatoms. The van der Waals surface area contributed by atoms with E-state index >= 15 is 0 Å². The molecule has 0 spiro atoms. The van der Waals surface area contributed by atoms with Gasteiger partial charge in [-0.1, -0.05) is 170 Å². The molecule has 0 N–H and O–H groups in total. The molecule has 0 aliphatic heterocycles. The fourth-order valence-corrected chi connectivity index (χ4v) is 9.49. The summed E-state index contributed by atoms with van der Waals surface area (Å²) in [5, 5.41) is 2.29. The van der Waals surface area contributed by atoms with E-state index in [2.05, 4.69) is 217 Å². The van der Waals surface area contributed by atoms with Gasteiger partial charge in [0.05, 0.1) is 5.41 Å². The second kappa shape index (κ2) is 13.5. The Morgan fingerprint density at radius 3 is 1.63 bits per heavy atom. The van der Waals surface area contributed by atoms with Crippen molar-refractivity contribution in [3.05, 3.63) is 240 Å². The zero-order valence-electron chi connectivity index (χ0n) is 31.5. The Hall–Kier alpha value is -7.16. The van der Waals surface area contributed by atoms with Crippen LogP contribution in [-0.4, -0.2) is 0 Å². The molecule has 11 rings (SSSR count). The number of allylic oxidation sites excluding steroid dienone is 4. The molecular formula is C55H39NO. The van der Waals surface area contributed by atoms with Crippen molar-refractivity contribution in [2.24, 2.45) is 0 Å². The normalized spacial score (nSPS) is 15.9. The standard InChI is InChI=1S/C55H39NO/c1-3-14-38(15-4-1)40-26-32-43(33-27-40)56(44-34-28-41(29-35-44)39-16-5-2-6-17-39)45-36-30-42(31-37-45)55(50-22-10-7-18-46(50)47-19-8-11-23-51(47)55)52-24-13-21-49-48-20-9-12-25-53(48)57-54(49)52/h1-7,9-18,20-37H,8,19H2. The Morgan fingerprint density at radius 1 is 0.439 bits per heavy atom. The first kappa shape index (κ1) is 33.2. The first-order chi connectivity index (χ1) is 28.3. The summed E-state index contributed by atoms with van der Waals surface area (Å²) in [4.78, 5) is 2.37. The number of fused-ring (bicyclic) bond motifs is 5. The SMILES string of the molecule is C1=CC2=C(CC1)c1ccccc1C2(c1ccc(N(c2ccc(-c3ccccc3)cc2)c2ccc(-c3ccccc3)cc2)cc1)c1cccc2c1oc1ccccc12. The molecule has 2 nitrogen and oxygen atoms in total. The number of anilines is 3. The minimum atomic E-state index is -0.561. The molecule has 0 radical (unpaired) electrons. The largest absolute Gasteiger partial charge is 0.456 e. The van der Waals surface area contributed by atoms with Crippen molar-refractivity contribution in [1.82, 2.24) is 0 Å². The van der Waals surface area contributed by atoms with E-state index in [-0.39, 0.29) is 0 Å². The lowest BCUT2D eigenvalue weighted by atomic mass is 9.66. The summed E-state index contributed by atoms with van der Waals surface area (Å²) in [6.07, 6.45) is 6.80. The Kier molecular flexibility index (Phi) is 7.89. The van der Waals surface area contributed by atoms with Crippen molar-refractivity contribution in [2.75, 3.05) is 4.90 Å². The average Bonchev–Trinajstić information content (AvgIpc) is 3.82. The van der Waals surface area contributed by atoms with Crippen molar-refractivity contribution in [3.8, 4) is 22.3 Å². The number of nitrogens with zero attached hydrogens (tertiary/aromatic N) is 1. The number of hydrogen-bond acceptors (Lipinski definition) is 2. The predicted octanol–water partition coefficient (Wildman–Crippen LogP) is 14.8. The molecule has 1 aromatic heterocycles.